The summed E-state index contributed by atoms with van der Waals surface area (Å²) in [7, 11) is 0. The average molecular weight is 502 g/mol. The summed E-state index contributed by atoms with van der Waals surface area (Å²) < 4.78 is 0. The molecule has 35 heavy (non-hydrogen) atoms. The molecule has 3 N–H and O–H groups in total. The highest BCUT2D eigenvalue weighted by atomic mass is 35.5. The number of nitrogens with zero attached hydrogens (tertiary/aromatic N) is 1. The molecule has 7 heteroatoms. The van der Waals surface area contributed by atoms with Crippen molar-refractivity contribution < 1.29 is 14.7 Å². The first-order valence-electron chi connectivity index (χ1n) is 12.4. The molecule has 0 saturated carbocycles. The molecule has 1 heterocycles. The van der Waals surface area contributed by atoms with E-state index in [9.17, 15) is 14.7 Å². The summed E-state index contributed by atoms with van der Waals surface area (Å²) >= 11 is 0. The number of halogens is 1. The number of amides is 2. The van der Waals surface area contributed by atoms with Crippen molar-refractivity contribution in [3.8, 4) is 5.75 Å². The van der Waals surface area contributed by atoms with Gasteiger partial charge >= 0.3 is 0 Å². The van der Waals surface area contributed by atoms with E-state index in [-0.39, 0.29) is 35.6 Å². The Balaban J connectivity index is 0.00000432. The van der Waals surface area contributed by atoms with Crippen LogP contribution in [0.25, 0.3) is 0 Å². The summed E-state index contributed by atoms with van der Waals surface area (Å²) in [6.45, 7) is 9.84. The standard InChI is InChI=1S/C28H39N3O3.ClH/c1-4-29-26(33)13-15-30-27(34)23(17-22-9-6-5-7-10-22)20-31-16-14-28(3,21(2)19-31)24-11-8-12-25(32)18-24;/h5-12,18,21,23,32H,4,13-17,19-20H2,1-3H3,(H,29,33)(H,30,34);1H. The first kappa shape index (κ1) is 28.7. The Bertz CT molecular complexity index is 955. The van der Waals surface area contributed by atoms with Gasteiger partial charge in [0, 0.05) is 32.6 Å². The maximum absolute atomic E-state index is 13.1. The molecule has 1 aliphatic heterocycles. The van der Waals surface area contributed by atoms with Crippen LogP contribution in [0.4, 0.5) is 0 Å². The van der Waals surface area contributed by atoms with E-state index in [0.29, 0.717) is 44.1 Å². The van der Waals surface area contributed by atoms with E-state index >= 15 is 0 Å². The van der Waals surface area contributed by atoms with Gasteiger partial charge in [-0.2, -0.15) is 0 Å². The predicted molar refractivity (Wildman–Crippen MR) is 143 cm³/mol. The number of phenols is 1. The van der Waals surface area contributed by atoms with Crippen LogP contribution in [0, 0.1) is 11.8 Å². The lowest BCUT2D eigenvalue weighted by atomic mass is 9.68. The summed E-state index contributed by atoms with van der Waals surface area (Å²) in [4.78, 5) is 27.3. The number of carbonyl (C=O) groups excluding carboxylic acids is 2. The van der Waals surface area contributed by atoms with Gasteiger partial charge in [0.15, 0.2) is 0 Å². The van der Waals surface area contributed by atoms with Gasteiger partial charge in [-0.1, -0.05) is 56.3 Å². The SMILES string of the molecule is CCNC(=O)CCNC(=O)C(Cc1ccccc1)CN1CCC(C)(c2cccc(O)c2)C(C)C1.Cl. The Morgan fingerprint density at radius 3 is 2.54 bits per heavy atom. The molecule has 1 aliphatic rings. The number of carbonyl (C=O) groups is 2. The zero-order chi connectivity index (χ0) is 24.6. The zero-order valence-electron chi connectivity index (χ0n) is 21.1. The number of piperidine rings is 1. The minimum absolute atomic E-state index is 0. The van der Waals surface area contributed by atoms with E-state index in [1.165, 1.54) is 5.56 Å². The van der Waals surface area contributed by atoms with Crippen LogP contribution in [0.2, 0.25) is 0 Å². The van der Waals surface area contributed by atoms with Crippen molar-refractivity contribution >= 4 is 24.2 Å². The highest BCUT2D eigenvalue weighted by Gasteiger charge is 2.39. The fourth-order valence-electron chi connectivity index (χ4n) is 4.95. The van der Waals surface area contributed by atoms with Crippen molar-refractivity contribution in [1.29, 1.82) is 0 Å². The van der Waals surface area contributed by atoms with Crippen molar-refractivity contribution in [1.82, 2.24) is 15.5 Å². The van der Waals surface area contributed by atoms with E-state index in [4.69, 9.17) is 0 Å². The van der Waals surface area contributed by atoms with Crippen LogP contribution in [0.3, 0.4) is 0 Å². The number of likely N-dealkylation sites (tertiary alicyclic amines) is 1. The van der Waals surface area contributed by atoms with Crippen LogP contribution in [-0.4, -0.2) is 54.5 Å². The molecule has 1 fully saturated rings. The van der Waals surface area contributed by atoms with Crippen LogP contribution in [0.5, 0.6) is 5.75 Å². The Kier molecular flexibility index (Phi) is 11.1. The third kappa shape index (κ3) is 7.97. The molecule has 0 radical (unpaired) electrons. The molecule has 0 aromatic heterocycles. The molecule has 0 aliphatic carbocycles. The molecule has 0 bridgehead atoms. The van der Waals surface area contributed by atoms with Gasteiger partial charge in [0.1, 0.15) is 5.75 Å². The number of hydrogen-bond acceptors (Lipinski definition) is 4. The number of rotatable bonds is 10. The van der Waals surface area contributed by atoms with Gasteiger partial charge in [0.25, 0.3) is 0 Å². The van der Waals surface area contributed by atoms with Crippen molar-refractivity contribution in [3.63, 3.8) is 0 Å². The van der Waals surface area contributed by atoms with Crippen molar-refractivity contribution in [2.24, 2.45) is 11.8 Å². The average Bonchev–Trinajstić information content (AvgIpc) is 2.82. The molecule has 2 amide bonds. The van der Waals surface area contributed by atoms with E-state index in [2.05, 4.69) is 47.6 Å². The minimum atomic E-state index is -0.186. The molecule has 6 nitrogen and oxygen atoms in total. The number of nitrogens with one attached hydrogen (secondary N) is 2. The van der Waals surface area contributed by atoms with Crippen molar-refractivity contribution in [3.05, 3.63) is 65.7 Å². The second-order valence-electron chi connectivity index (χ2n) is 9.76. The number of aromatic hydroxyl groups is 1. The fourth-order valence-corrected chi connectivity index (χ4v) is 4.95. The smallest absolute Gasteiger partial charge is 0.224 e. The van der Waals surface area contributed by atoms with Crippen LogP contribution < -0.4 is 10.6 Å². The highest BCUT2D eigenvalue weighted by Crippen LogP contribution is 2.40. The molecule has 3 unspecified atom stereocenters. The predicted octanol–water partition coefficient (Wildman–Crippen LogP) is 3.91. The molecule has 0 spiro atoms. The maximum atomic E-state index is 13.1. The van der Waals surface area contributed by atoms with Gasteiger partial charge in [-0.15, -0.1) is 12.4 Å². The zero-order valence-corrected chi connectivity index (χ0v) is 21.9. The Morgan fingerprint density at radius 1 is 1.14 bits per heavy atom. The van der Waals surface area contributed by atoms with Crippen LogP contribution in [0.1, 0.15) is 44.7 Å². The number of phenolic OH excluding ortho intramolecular Hbond substituents is 1. The molecular formula is C28H40ClN3O3. The fraction of sp³-hybridized carbons (Fsp3) is 0.500. The molecule has 192 valence electrons. The first-order chi connectivity index (χ1) is 16.3. The summed E-state index contributed by atoms with van der Waals surface area (Å²) in [5.74, 6) is 0.455. The number of benzene rings is 2. The molecule has 2 aromatic carbocycles. The molecule has 2 aromatic rings. The minimum Gasteiger partial charge on any atom is -0.508 e. The lowest BCUT2D eigenvalue weighted by Crippen LogP contribution is -2.50. The normalized spacial score (nSPS) is 20.9. The molecule has 1 saturated heterocycles. The van der Waals surface area contributed by atoms with E-state index in [0.717, 1.165) is 25.1 Å². The van der Waals surface area contributed by atoms with Gasteiger partial charge in [-0.05, 0) is 60.9 Å². The molecule has 3 rings (SSSR count). The summed E-state index contributed by atoms with van der Waals surface area (Å²) in [6, 6.07) is 17.7. The summed E-state index contributed by atoms with van der Waals surface area (Å²) in [5, 5.41) is 15.7. The van der Waals surface area contributed by atoms with Crippen molar-refractivity contribution in [2.75, 3.05) is 32.7 Å². The molecule has 3 atom stereocenters. The van der Waals surface area contributed by atoms with Crippen LogP contribution >= 0.6 is 12.4 Å². The topological polar surface area (TPSA) is 81.7 Å². The quantitative estimate of drug-likeness (QED) is 0.461. The molecular weight excluding hydrogens is 462 g/mol. The second-order valence-corrected chi connectivity index (χ2v) is 9.76. The van der Waals surface area contributed by atoms with Gasteiger partial charge in [0.2, 0.25) is 11.8 Å². The van der Waals surface area contributed by atoms with E-state index in [1.54, 1.807) is 6.07 Å². The van der Waals surface area contributed by atoms with E-state index in [1.807, 2.05) is 37.3 Å². The van der Waals surface area contributed by atoms with Crippen molar-refractivity contribution in [2.45, 2.75) is 45.4 Å². The van der Waals surface area contributed by atoms with Gasteiger partial charge < -0.3 is 20.6 Å². The van der Waals surface area contributed by atoms with Gasteiger partial charge in [-0.3, -0.25) is 9.59 Å². The summed E-state index contributed by atoms with van der Waals surface area (Å²) in [6.07, 6.45) is 1.93. The van der Waals surface area contributed by atoms with Gasteiger partial charge in [0.05, 0.1) is 5.92 Å². The summed E-state index contributed by atoms with van der Waals surface area (Å²) in [5.41, 5.74) is 2.30. The number of hydrogen-bond donors (Lipinski definition) is 3. The Morgan fingerprint density at radius 2 is 1.89 bits per heavy atom. The third-order valence-electron chi connectivity index (χ3n) is 7.27. The van der Waals surface area contributed by atoms with E-state index < -0.39 is 0 Å². The van der Waals surface area contributed by atoms with Crippen LogP contribution in [-0.2, 0) is 21.4 Å². The monoisotopic (exact) mass is 501 g/mol. The maximum Gasteiger partial charge on any atom is 0.224 e. The lowest BCUT2D eigenvalue weighted by molar-refractivity contribution is -0.126. The highest BCUT2D eigenvalue weighted by molar-refractivity contribution is 5.85. The third-order valence-corrected chi connectivity index (χ3v) is 7.27. The van der Waals surface area contributed by atoms with Crippen LogP contribution in [0.15, 0.2) is 54.6 Å². The first-order valence-corrected chi connectivity index (χ1v) is 12.4. The second kappa shape index (κ2) is 13.5. The lowest BCUT2D eigenvalue weighted by Gasteiger charge is -2.45. The Labute approximate surface area is 215 Å². The Hall–Kier alpha value is -2.57. The largest absolute Gasteiger partial charge is 0.508 e. The van der Waals surface area contributed by atoms with Gasteiger partial charge in [-0.25, -0.2) is 0 Å².